The Hall–Kier alpha value is -0.150. The Balaban J connectivity index is 2.60. The van der Waals surface area contributed by atoms with Crippen molar-refractivity contribution in [2.45, 2.75) is 58.9 Å². The Labute approximate surface area is 112 Å². The maximum absolute atomic E-state index is 5.74. The fourth-order valence-corrected chi connectivity index (χ4v) is 3.16. The van der Waals surface area contributed by atoms with Gasteiger partial charge in [0.2, 0.25) is 0 Å². The zero-order valence-corrected chi connectivity index (χ0v) is 12.4. The molecule has 2 nitrogen and oxygen atoms in total. The average Bonchev–Trinajstić information content (AvgIpc) is 2.35. The van der Waals surface area contributed by atoms with Gasteiger partial charge in [0, 0.05) is 18.5 Å². The van der Waals surface area contributed by atoms with Crippen LogP contribution in [0.4, 0.5) is 0 Å². The summed E-state index contributed by atoms with van der Waals surface area (Å²) in [5, 5.41) is 0. The zero-order valence-electron chi connectivity index (χ0n) is 11.6. The molecule has 0 heterocycles. The van der Waals surface area contributed by atoms with E-state index in [2.05, 4.69) is 25.7 Å². The number of hydrogen-bond acceptors (Lipinski definition) is 2. The first kappa shape index (κ1) is 14.9. The van der Waals surface area contributed by atoms with Crippen LogP contribution in [-0.4, -0.2) is 29.0 Å². The van der Waals surface area contributed by atoms with Crippen molar-refractivity contribution < 1.29 is 0 Å². The molecule has 0 bridgehead atoms. The summed E-state index contributed by atoms with van der Waals surface area (Å²) in [6.07, 6.45) is 6.87. The van der Waals surface area contributed by atoms with Crippen LogP contribution in [0.5, 0.6) is 0 Å². The minimum Gasteiger partial charge on any atom is -0.393 e. The van der Waals surface area contributed by atoms with Crippen LogP contribution < -0.4 is 5.73 Å². The Morgan fingerprint density at radius 1 is 1.35 bits per heavy atom. The number of rotatable bonds is 6. The third-order valence-electron chi connectivity index (χ3n) is 4.26. The van der Waals surface area contributed by atoms with Crippen molar-refractivity contribution in [1.82, 2.24) is 4.90 Å². The van der Waals surface area contributed by atoms with E-state index in [9.17, 15) is 0 Å². The van der Waals surface area contributed by atoms with Crippen molar-refractivity contribution in [3.05, 3.63) is 0 Å². The molecule has 1 aliphatic carbocycles. The molecule has 3 heteroatoms. The summed E-state index contributed by atoms with van der Waals surface area (Å²) in [5.74, 6) is 1.21. The van der Waals surface area contributed by atoms with Gasteiger partial charge < -0.3 is 5.73 Å². The van der Waals surface area contributed by atoms with E-state index in [4.69, 9.17) is 18.0 Å². The summed E-state index contributed by atoms with van der Waals surface area (Å²) in [4.78, 5) is 3.27. The first-order chi connectivity index (χ1) is 8.10. The summed E-state index contributed by atoms with van der Waals surface area (Å²) in [6.45, 7) is 8.89. The van der Waals surface area contributed by atoms with Crippen LogP contribution in [0.25, 0.3) is 0 Å². The van der Waals surface area contributed by atoms with Crippen molar-refractivity contribution >= 4 is 17.2 Å². The minimum absolute atomic E-state index is 0.337. The lowest BCUT2D eigenvalue weighted by molar-refractivity contribution is 0.100. The Morgan fingerprint density at radius 3 is 2.53 bits per heavy atom. The highest BCUT2D eigenvalue weighted by molar-refractivity contribution is 7.80. The molecule has 0 aromatic rings. The highest BCUT2D eigenvalue weighted by Gasteiger charge is 2.29. The Bertz CT molecular complexity index is 242. The van der Waals surface area contributed by atoms with Gasteiger partial charge in [-0.05, 0) is 25.3 Å². The van der Waals surface area contributed by atoms with Crippen molar-refractivity contribution in [1.29, 1.82) is 0 Å². The number of thiocarbonyl (C=S) groups is 1. The van der Waals surface area contributed by atoms with Crippen molar-refractivity contribution in [3.8, 4) is 0 Å². The van der Waals surface area contributed by atoms with Gasteiger partial charge in [-0.15, -0.1) is 0 Å². The van der Waals surface area contributed by atoms with E-state index in [0.29, 0.717) is 10.9 Å². The normalized spacial score (nSPS) is 27.1. The molecule has 0 aromatic carbocycles. The fourth-order valence-electron chi connectivity index (χ4n) is 3.09. The lowest BCUT2D eigenvalue weighted by Crippen LogP contribution is -2.45. The van der Waals surface area contributed by atoms with Gasteiger partial charge >= 0.3 is 0 Å². The van der Waals surface area contributed by atoms with Crippen molar-refractivity contribution in [2.24, 2.45) is 17.6 Å². The summed E-state index contributed by atoms with van der Waals surface area (Å²) in [7, 11) is 0. The van der Waals surface area contributed by atoms with E-state index in [-0.39, 0.29) is 0 Å². The molecule has 3 unspecified atom stereocenters. The van der Waals surface area contributed by atoms with Gasteiger partial charge in [0.25, 0.3) is 0 Å². The summed E-state index contributed by atoms with van der Waals surface area (Å²) >= 11 is 5.09. The minimum atomic E-state index is 0.337. The fraction of sp³-hybridized carbons (Fsp3) is 0.929. The van der Waals surface area contributed by atoms with E-state index in [1.54, 1.807) is 0 Å². The van der Waals surface area contributed by atoms with Gasteiger partial charge in [-0.1, -0.05) is 52.3 Å². The summed E-state index contributed by atoms with van der Waals surface area (Å²) < 4.78 is 0. The summed E-state index contributed by atoms with van der Waals surface area (Å²) in [6, 6.07) is 0.760. The topological polar surface area (TPSA) is 29.3 Å². The van der Waals surface area contributed by atoms with E-state index in [1.165, 1.54) is 32.1 Å². The molecular formula is C14H28N2S. The molecule has 0 radical (unpaired) electrons. The monoisotopic (exact) mass is 256 g/mol. The standard InChI is InChI=1S/C14H28N2S/c1-4-12-8-6-7-9-13(12)16(5-2)10-11(3)14(15)17/h11-13H,4-10H2,1-3H3,(H2,15,17). The molecular weight excluding hydrogens is 228 g/mol. The molecule has 0 spiro atoms. The van der Waals surface area contributed by atoms with Gasteiger partial charge in [-0.3, -0.25) is 4.90 Å². The SMILES string of the molecule is CCC1CCCCC1N(CC)CC(C)C(N)=S. The van der Waals surface area contributed by atoms with E-state index >= 15 is 0 Å². The number of hydrogen-bond donors (Lipinski definition) is 1. The van der Waals surface area contributed by atoms with Crippen LogP contribution in [-0.2, 0) is 0 Å². The predicted octanol–water partition coefficient (Wildman–Crippen LogP) is 3.20. The smallest absolute Gasteiger partial charge is 0.0768 e. The Kier molecular flexibility index (Phi) is 6.42. The second-order valence-electron chi connectivity index (χ2n) is 5.41. The molecule has 0 aromatic heterocycles. The number of nitrogens with zero attached hydrogens (tertiary/aromatic N) is 1. The number of nitrogens with two attached hydrogens (primary N) is 1. The highest BCUT2D eigenvalue weighted by atomic mass is 32.1. The molecule has 0 saturated heterocycles. The third-order valence-corrected chi connectivity index (χ3v) is 4.66. The largest absolute Gasteiger partial charge is 0.393 e. The molecule has 2 N–H and O–H groups in total. The molecule has 1 aliphatic rings. The van der Waals surface area contributed by atoms with Crippen LogP contribution in [0.3, 0.4) is 0 Å². The van der Waals surface area contributed by atoms with Crippen LogP contribution in [0, 0.1) is 11.8 Å². The van der Waals surface area contributed by atoms with Gasteiger partial charge in [-0.2, -0.15) is 0 Å². The second-order valence-corrected chi connectivity index (χ2v) is 5.88. The molecule has 100 valence electrons. The van der Waals surface area contributed by atoms with E-state index in [1.807, 2.05) is 0 Å². The molecule has 17 heavy (non-hydrogen) atoms. The van der Waals surface area contributed by atoms with Crippen LogP contribution in [0.1, 0.15) is 52.9 Å². The van der Waals surface area contributed by atoms with E-state index in [0.717, 1.165) is 25.0 Å². The highest BCUT2D eigenvalue weighted by Crippen LogP contribution is 2.31. The molecule has 3 atom stereocenters. The molecule has 0 amide bonds. The maximum Gasteiger partial charge on any atom is 0.0768 e. The molecule has 1 rings (SSSR count). The van der Waals surface area contributed by atoms with Crippen LogP contribution >= 0.6 is 12.2 Å². The van der Waals surface area contributed by atoms with Crippen molar-refractivity contribution in [2.75, 3.05) is 13.1 Å². The first-order valence-corrected chi connectivity index (χ1v) is 7.54. The van der Waals surface area contributed by atoms with Gasteiger partial charge in [0.05, 0.1) is 4.99 Å². The Morgan fingerprint density at radius 2 is 2.00 bits per heavy atom. The molecule has 1 fully saturated rings. The van der Waals surface area contributed by atoms with Gasteiger partial charge in [0.15, 0.2) is 0 Å². The molecule has 1 saturated carbocycles. The van der Waals surface area contributed by atoms with Gasteiger partial charge in [0.1, 0.15) is 0 Å². The second kappa shape index (κ2) is 7.32. The predicted molar refractivity (Wildman–Crippen MR) is 79.2 cm³/mol. The lowest BCUT2D eigenvalue weighted by Gasteiger charge is -2.40. The quantitative estimate of drug-likeness (QED) is 0.740. The van der Waals surface area contributed by atoms with Gasteiger partial charge in [-0.25, -0.2) is 0 Å². The van der Waals surface area contributed by atoms with Crippen LogP contribution in [0.15, 0.2) is 0 Å². The maximum atomic E-state index is 5.74. The van der Waals surface area contributed by atoms with E-state index < -0.39 is 0 Å². The third kappa shape index (κ3) is 4.22. The molecule has 0 aliphatic heterocycles. The zero-order chi connectivity index (χ0) is 12.8. The summed E-state index contributed by atoms with van der Waals surface area (Å²) in [5.41, 5.74) is 5.74. The lowest BCUT2D eigenvalue weighted by atomic mass is 9.81. The van der Waals surface area contributed by atoms with Crippen LogP contribution in [0.2, 0.25) is 0 Å². The van der Waals surface area contributed by atoms with Crippen molar-refractivity contribution in [3.63, 3.8) is 0 Å². The average molecular weight is 256 g/mol. The first-order valence-electron chi connectivity index (χ1n) is 7.13.